The minimum atomic E-state index is -0.387. The normalized spacial score (nSPS) is 14.9. The Hall–Kier alpha value is -2.75. The van der Waals surface area contributed by atoms with E-state index in [1.807, 2.05) is 36.4 Å². The van der Waals surface area contributed by atoms with Crippen LogP contribution >= 0.6 is 11.6 Å². The number of urea groups is 1. The summed E-state index contributed by atoms with van der Waals surface area (Å²) in [6, 6.07) is 16.2. The molecule has 1 saturated heterocycles. The standard InChI is InChI=1S/C20H21ClN4O2/c21-16-7-4-8-18(19(16)25-11-13-27-14-12-25)24-20(26)23-17(9-10-22)15-5-2-1-3-6-15/h1-8,17H,9,11-14H2,(H2,23,24,26)/t17-/m1/s1. The van der Waals surface area contributed by atoms with Crippen molar-refractivity contribution in [2.75, 3.05) is 36.5 Å². The molecule has 3 rings (SSSR count). The van der Waals surface area contributed by atoms with Crippen molar-refractivity contribution in [3.05, 3.63) is 59.1 Å². The zero-order valence-electron chi connectivity index (χ0n) is 14.8. The highest BCUT2D eigenvalue weighted by atomic mass is 35.5. The number of amides is 2. The van der Waals surface area contributed by atoms with E-state index in [1.165, 1.54) is 0 Å². The molecule has 0 bridgehead atoms. The maximum atomic E-state index is 12.6. The van der Waals surface area contributed by atoms with Gasteiger partial charge < -0.3 is 20.3 Å². The van der Waals surface area contributed by atoms with Gasteiger partial charge in [0.2, 0.25) is 0 Å². The Morgan fingerprint density at radius 1 is 1.19 bits per heavy atom. The van der Waals surface area contributed by atoms with Crippen LogP contribution in [0.5, 0.6) is 0 Å². The molecule has 1 heterocycles. The lowest BCUT2D eigenvalue weighted by Crippen LogP contribution is -2.38. The highest BCUT2D eigenvalue weighted by Gasteiger charge is 2.20. The van der Waals surface area contributed by atoms with Crippen molar-refractivity contribution < 1.29 is 9.53 Å². The quantitative estimate of drug-likeness (QED) is 0.818. The highest BCUT2D eigenvalue weighted by molar-refractivity contribution is 6.34. The van der Waals surface area contributed by atoms with Gasteiger partial charge in [0.25, 0.3) is 0 Å². The van der Waals surface area contributed by atoms with Gasteiger partial charge in [-0.3, -0.25) is 0 Å². The summed E-state index contributed by atoms with van der Waals surface area (Å²) in [7, 11) is 0. The zero-order chi connectivity index (χ0) is 19.1. The number of nitrogens with one attached hydrogen (secondary N) is 2. The number of nitrogens with zero attached hydrogens (tertiary/aromatic N) is 2. The number of hydrogen-bond acceptors (Lipinski definition) is 4. The number of anilines is 2. The van der Waals surface area contributed by atoms with E-state index in [0.717, 1.165) is 11.3 Å². The van der Waals surface area contributed by atoms with Crippen molar-refractivity contribution in [1.29, 1.82) is 5.26 Å². The maximum absolute atomic E-state index is 12.6. The van der Waals surface area contributed by atoms with Gasteiger partial charge >= 0.3 is 6.03 Å². The number of morpholine rings is 1. The average molecular weight is 385 g/mol. The number of hydrogen-bond donors (Lipinski definition) is 2. The van der Waals surface area contributed by atoms with Crippen molar-refractivity contribution >= 4 is 29.0 Å². The second-order valence-electron chi connectivity index (χ2n) is 6.16. The van der Waals surface area contributed by atoms with Crippen molar-refractivity contribution in [2.45, 2.75) is 12.5 Å². The van der Waals surface area contributed by atoms with Crippen LogP contribution in [-0.2, 0) is 4.74 Å². The molecule has 0 aromatic heterocycles. The molecular formula is C20H21ClN4O2. The Balaban J connectivity index is 1.75. The molecule has 7 heteroatoms. The number of carbonyl (C=O) groups is 1. The first kappa shape index (κ1) is 19.0. The summed E-state index contributed by atoms with van der Waals surface area (Å²) < 4.78 is 5.40. The third kappa shape index (κ3) is 4.91. The van der Waals surface area contributed by atoms with Crippen molar-refractivity contribution in [3.8, 4) is 6.07 Å². The molecule has 1 atom stereocenters. The molecule has 0 spiro atoms. The molecule has 0 unspecified atom stereocenters. The summed E-state index contributed by atoms with van der Waals surface area (Å²) in [5.74, 6) is 0. The Bertz CT molecular complexity index is 816. The fraction of sp³-hybridized carbons (Fsp3) is 0.300. The molecule has 6 nitrogen and oxygen atoms in total. The van der Waals surface area contributed by atoms with Crippen LogP contribution in [0.15, 0.2) is 48.5 Å². The summed E-state index contributed by atoms with van der Waals surface area (Å²) in [6.07, 6.45) is 0.184. The van der Waals surface area contributed by atoms with Gasteiger partial charge in [0.05, 0.1) is 48.1 Å². The van der Waals surface area contributed by atoms with E-state index >= 15 is 0 Å². The molecule has 2 amide bonds. The summed E-state index contributed by atoms with van der Waals surface area (Å²) in [4.78, 5) is 14.7. The van der Waals surface area contributed by atoms with Gasteiger partial charge in [0.1, 0.15) is 0 Å². The first-order chi connectivity index (χ1) is 13.2. The summed E-state index contributed by atoms with van der Waals surface area (Å²) in [6.45, 7) is 2.66. The van der Waals surface area contributed by atoms with Gasteiger partial charge in [0, 0.05) is 13.1 Å². The molecule has 27 heavy (non-hydrogen) atoms. The Labute approximate surface area is 163 Å². The van der Waals surface area contributed by atoms with Gasteiger partial charge in [-0.05, 0) is 17.7 Å². The second kappa shape index (κ2) is 9.26. The van der Waals surface area contributed by atoms with Gasteiger partial charge in [-0.1, -0.05) is 48.0 Å². The summed E-state index contributed by atoms with van der Waals surface area (Å²) in [5, 5.41) is 15.4. The summed E-state index contributed by atoms with van der Waals surface area (Å²) >= 11 is 6.40. The number of carbonyl (C=O) groups excluding carboxylic acids is 1. The molecular weight excluding hydrogens is 364 g/mol. The van der Waals surface area contributed by atoms with Crippen LogP contribution in [0.25, 0.3) is 0 Å². The predicted octanol–water partition coefficient (Wildman–Crippen LogP) is 3.95. The fourth-order valence-corrected chi connectivity index (χ4v) is 3.36. The summed E-state index contributed by atoms with van der Waals surface area (Å²) in [5.41, 5.74) is 2.30. The number of halogens is 1. The van der Waals surface area contributed by atoms with Crippen molar-refractivity contribution in [2.24, 2.45) is 0 Å². The van der Waals surface area contributed by atoms with Crippen LogP contribution in [0.3, 0.4) is 0 Å². The number of nitriles is 1. The number of rotatable bonds is 5. The van der Waals surface area contributed by atoms with E-state index < -0.39 is 0 Å². The third-order valence-corrected chi connectivity index (χ3v) is 4.67. The van der Waals surface area contributed by atoms with Gasteiger partial charge in [0.15, 0.2) is 0 Å². The number of ether oxygens (including phenoxy) is 1. The van der Waals surface area contributed by atoms with Gasteiger partial charge in [-0.2, -0.15) is 5.26 Å². The van der Waals surface area contributed by atoms with Gasteiger partial charge in [-0.15, -0.1) is 0 Å². The number of para-hydroxylation sites is 1. The van der Waals surface area contributed by atoms with Crippen LogP contribution in [0.4, 0.5) is 16.2 Å². The van der Waals surface area contributed by atoms with E-state index in [0.29, 0.717) is 37.0 Å². The molecule has 2 aromatic rings. The topological polar surface area (TPSA) is 77.4 Å². The molecule has 1 aliphatic rings. The average Bonchev–Trinajstić information content (AvgIpc) is 2.69. The second-order valence-corrected chi connectivity index (χ2v) is 6.57. The van der Waals surface area contributed by atoms with Gasteiger partial charge in [-0.25, -0.2) is 4.79 Å². The minimum Gasteiger partial charge on any atom is -0.378 e. The van der Waals surface area contributed by atoms with Crippen molar-refractivity contribution in [1.82, 2.24) is 5.32 Å². The lowest BCUT2D eigenvalue weighted by Gasteiger charge is -2.31. The van der Waals surface area contributed by atoms with Crippen LogP contribution in [-0.4, -0.2) is 32.3 Å². The lowest BCUT2D eigenvalue weighted by molar-refractivity contribution is 0.123. The minimum absolute atomic E-state index is 0.184. The Kier molecular flexibility index (Phi) is 6.53. The smallest absolute Gasteiger partial charge is 0.319 e. The predicted molar refractivity (Wildman–Crippen MR) is 106 cm³/mol. The zero-order valence-corrected chi connectivity index (χ0v) is 15.6. The third-order valence-electron chi connectivity index (χ3n) is 4.36. The van der Waals surface area contributed by atoms with Crippen LogP contribution < -0.4 is 15.5 Å². The number of benzene rings is 2. The highest BCUT2D eigenvalue weighted by Crippen LogP contribution is 2.34. The van der Waals surface area contributed by atoms with E-state index in [2.05, 4.69) is 21.6 Å². The maximum Gasteiger partial charge on any atom is 0.319 e. The SMILES string of the molecule is N#CC[C@@H](NC(=O)Nc1cccc(Cl)c1N1CCOCC1)c1ccccc1. The van der Waals surface area contributed by atoms with Crippen molar-refractivity contribution in [3.63, 3.8) is 0 Å². The molecule has 140 valence electrons. The van der Waals surface area contributed by atoms with E-state index in [4.69, 9.17) is 21.6 Å². The monoisotopic (exact) mass is 384 g/mol. The van der Waals surface area contributed by atoms with Crippen LogP contribution in [0.1, 0.15) is 18.0 Å². The Morgan fingerprint density at radius 3 is 2.63 bits per heavy atom. The molecule has 0 aliphatic carbocycles. The van der Waals surface area contributed by atoms with E-state index in [-0.39, 0.29) is 18.5 Å². The first-order valence-electron chi connectivity index (χ1n) is 8.79. The fourth-order valence-electron chi connectivity index (χ4n) is 3.07. The first-order valence-corrected chi connectivity index (χ1v) is 9.17. The van der Waals surface area contributed by atoms with E-state index in [1.54, 1.807) is 12.1 Å². The van der Waals surface area contributed by atoms with Crippen LogP contribution in [0.2, 0.25) is 5.02 Å². The molecule has 0 radical (unpaired) electrons. The molecule has 1 aliphatic heterocycles. The molecule has 2 aromatic carbocycles. The van der Waals surface area contributed by atoms with E-state index in [9.17, 15) is 4.79 Å². The molecule has 0 saturated carbocycles. The molecule has 2 N–H and O–H groups in total. The Morgan fingerprint density at radius 2 is 1.93 bits per heavy atom. The lowest BCUT2D eigenvalue weighted by atomic mass is 10.0. The largest absolute Gasteiger partial charge is 0.378 e. The van der Waals surface area contributed by atoms with Crippen LogP contribution in [0, 0.1) is 11.3 Å². The molecule has 1 fully saturated rings.